The van der Waals surface area contributed by atoms with Gasteiger partial charge in [0.15, 0.2) is 11.6 Å². The zero-order valence-electron chi connectivity index (χ0n) is 18.0. The van der Waals surface area contributed by atoms with Gasteiger partial charge in [-0.15, -0.1) is 0 Å². The molecule has 0 atom stereocenters. The highest BCUT2D eigenvalue weighted by Gasteiger charge is 2.13. The minimum Gasteiger partial charge on any atom is -0.435 e. The van der Waals surface area contributed by atoms with Crippen molar-refractivity contribution in [3.05, 3.63) is 90.7 Å². The summed E-state index contributed by atoms with van der Waals surface area (Å²) in [5.41, 5.74) is 3.28. The van der Waals surface area contributed by atoms with Crippen molar-refractivity contribution in [3.63, 3.8) is 0 Å². The summed E-state index contributed by atoms with van der Waals surface area (Å²) >= 11 is 4.76. The Morgan fingerprint density at radius 1 is 1.03 bits per heavy atom. The van der Waals surface area contributed by atoms with Gasteiger partial charge < -0.3 is 4.74 Å². The molecule has 5 heteroatoms. The van der Waals surface area contributed by atoms with E-state index in [1.807, 2.05) is 30.3 Å². The quantitative estimate of drug-likeness (QED) is 0.252. The average molecular weight is 431 g/mol. The maximum absolute atomic E-state index is 12.2. The third-order valence-electron chi connectivity index (χ3n) is 3.56. The first kappa shape index (κ1) is 29.2. The highest BCUT2D eigenvalue weighted by atomic mass is 35.5. The van der Waals surface area contributed by atoms with Crippen LogP contribution in [0.1, 0.15) is 45.6 Å². The SMILES string of the molecule is C=CC(=O)C(CCCC)=C(C)C(=O)C=Cc1ccccc1.C=CCl.C=COC(C)=O. The molecule has 30 heavy (non-hydrogen) atoms. The summed E-state index contributed by atoms with van der Waals surface area (Å²) in [6.45, 7) is 14.9. The highest BCUT2D eigenvalue weighted by Crippen LogP contribution is 2.16. The number of allylic oxidation sites excluding steroid dienone is 4. The van der Waals surface area contributed by atoms with Crippen molar-refractivity contribution in [1.29, 1.82) is 0 Å². The van der Waals surface area contributed by atoms with Gasteiger partial charge in [-0.1, -0.05) is 81.1 Å². The molecule has 0 aliphatic rings. The molecule has 0 amide bonds. The lowest BCUT2D eigenvalue weighted by Gasteiger charge is -2.07. The molecule has 1 rings (SSSR count). The second kappa shape index (κ2) is 19.3. The Balaban J connectivity index is 0. The van der Waals surface area contributed by atoms with E-state index < -0.39 is 0 Å². The maximum atomic E-state index is 12.2. The zero-order valence-corrected chi connectivity index (χ0v) is 18.8. The van der Waals surface area contributed by atoms with E-state index >= 15 is 0 Å². The van der Waals surface area contributed by atoms with Crippen LogP contribution in [-0.4, -0.2) is 17.5 Å². The third-order valence-corrected chi connectivity index (χ3v) is 3.56. The van der Waals surface area contributed by atoms with Gasteiger partial charge in [0.1, 0.15) is 0 Å². The molecule has 0 aliphatic heterocycles. The van der Waals surface area contributed by atoms with Crippen LogP contribution in [0.15, 0.2) is 85.2 Å². The minimum absolute atomic E-state index is 0.125. The summed E-state index contributed by atoms with van der Waals surface area (Å²) in [6, 6.07) is 9.61. The van der Waals surface area contributed by atoms with Crippen molar-refractivity contribution in [2.45, 2.75) is 40.0 Å². The van der Waals surface area contributed by atoms with Crippen molar-refractivity contribution in [1.82, 2.24) is 0 Å². The van der Waals surface area contributed by atoms with Crippen molar-refractivity contribution < 1.29 is 19.1 Å². The molecular weight excluding hydrogens is 400 g/mol. The van der Waals surface area contributed by atoms with Crippen LogP contribution in [0, 0.1) is 0 Å². The van der Waals surface area contributed by atoms with E-state index in [0.717, 1.165) is 24.7 Å². The standard InChI is InChI=1S/C19H22O2.C4H6O2.C2H3Cl/c1-4-6-12-17(18(20)5-2)15(3)19(21)14-13-16-10-8-7-9-11-16;1-3-6-4(2)5;1-2-3/h5,7-11,13-14H,2,4,6,12H2,1,3H3;3H,1H2,2H3;2H,1H2. The van der Waals surface area contributed by atoms with Crippen LogP contribution in [0.2, 0.25) is 0 Å². The first-order valence-corrected chi connectivity index (χ1v) is 9.85. The molecule has 0 saturated carbocycles. The van der Waals surface area contributed by atoms with Crippen molar-refractivity contribution in [2.24, 2.45) is 0 Å². The third kappa shape index (κ3) is 15.0. The van der Waals surface area contributed by atoms with Crippen LogP contribution in [-0.2, 0) is 19.1 Å². The van der Waals surface area contributed by atoms with Crippen molar-refractivity contribution in [2.75, 3.05) is 0 Å². The van der Waals surface area contributed by atoms with Crippen LogP contribution < -0.4 is 0 Å². The molecule has 0 spiro atoms. The number of carbonyl (C=O) groups excluding carboxylic acids is 3. The summed E-state index contributed by atoms with van der Waals surface area (Å²) < 4.78 is 4.17. The summed E-state index contributed by atoms with van der Waals surface area (Å²) in [6.07, 6.45) is 8.16. The lowest BCUT2D eigenvalue weighted by Crippen LogP contribution is -2.07. The van der Waals surface area contributed by atoms with E-state index in [2.05, 4.69) is 31.4 Å². The molecule has 0 aliphatic carbocycles. The largest absolute Gasteiger partial charge is 0.435 e. The number of carbonyl (C=O) groups is 3. The fourth-order valence-electron chi connectivity index (χ4n) is 2.10. The summed E-state index contributed by atoms with van der Waals surface area (Å²) in [5, 5.41) is 0. The molecule has 0 radical (unpaired) electrons. The van der Waals surface area contributed by atoms with Gasteiger partial charge in [0.25, 0.3) is 0 Å². The van der Waals surface area contributed by atoms with E-state index in [1.165, 1.54) is 24.6 Å². The molecule has 0 N–H and O–H groups in total. The van der Waals surface area contributed by atoms with Gasteiger partial charge in [0.05, 0.1) is 6.26 Å². The second-order valence-corrected chi connectivity index (χ2v) is 6.12. The lowest BCUT2D eigenvalue weighted by molar-refractivity contribution is -0.135. The van der Waals surface area contributed by atoms with Gasteiger partial charge in [0.2, 0.25) is 0 Å². The van der Waals surface area contributed by atoms with Crippen LogP contribution in [0.3, 0.4) is 0 Å². The molecule has 0 heterocycles. The van der Waals surface area contributed by atoms with E-state index in [9.17, 15) is 14.4 Å². The molecule has 162 valence electrons. The molecule has 0 unspecified atom stereocenters. The van der Waals surface area contributed by atoms with Gasteiger partial charge in [-0.25, -0.2) is 0 Å². The molecule has 0 aromatic heterocycles. The monoisotopic (exact) mass is 430 g/mol. The van der Waals surface area contributed by atoms with Crippen LogP contribution in [0.5, 0.6) is 0 Å². The molecule has 1 aromatic carbocycles. The lowest BCUT2D eigenvalue weighted by atomic mass is 9.96. The Bertz CT molecular complexity index is 759. The number of halogens is 1. The molecule has 0 saturated heterocycles. The van der Waals surface area contributed by atoms with E-state index in [-0.39, 0.29) is 17.5 Å². The average Bonchev–Trinajstić information content (AvgIpc) is 2.73. The number of rotatable bonds is 9. The predicted molar refractivity (Wildman–Crippen MR) is 126 cm³/mol. The van der Waals surface area contributed by atoms with Gasteiger partial charge in [-0.05, 0) is 43.0 Å². The highest BCUT2D eigenvalue weighted by molar-refractivity contribution is 6.25. The Labute approximate surface area is 185 Å². The van der Waals surface area contributed by atoms with E-state index in [1.54, 1.807) is 13.0 Å². The van der Waals surface area contributed by atoms with Crippen LogP contribution in [0.25, 0.3) is 6.08 Å². The predicted octanol–water partition coefficient (Wildman–Crippen LogP) is 6.59. The Kier molecular flexibility index (Phi) is 18.8. The minimum atomic E-state index is -0.329. The number of unbranched alkanes of at least 4 members (excludes halogenated alkanes) is 1. The normalized spacial score (nSPS) is 10.3. The summed E-state index contributed by atoms with van der Waals surface area (Å²) in [5.74, 6) is -0.604. The molecule has 0 bridgehead atoms. The smallest absolute Gasteiger partial charge is 0.307 e. The first-order valence-electron chi connectivity index (χ1n) is 9.42. The maximum Gasteiger partial charge on any atom is 0.307 e. The number of hydrogen-bond acceptors (Lipinski definition) is 4. The molecular formula is C25H31ClO4. The number of ketones is 2. The fraction of sp³-hybridized carbons (Fsp3) is 0.240. The second-order valence-electron chi connectivity index (χ2n) is 5.81. The zero-order chi connectivity index (χ0) is 23.4. The van der Waals surface area contributed by atoms with Gasteiger partial charge in [-0.3, -0.25) is 14.4 Å². The Hall–Kier alpha value is -2.98. The topological polar surface area (TPSA) is 60.4 Å². The van der Waals surface area contributed by atoms with Gasteiger partial charge in [-0.2, -0.15) is 0 Å². The summed E-state index contributed by atoms with van der Waals surface area (Å²) in [7, 11) is 0. The Morgan fingerprint density at radius 2 is 1.60 bits per heavy atom. The van der Waals surface area contributed by atoms with Crippen molar-refractivity contribution in [3.8, 4) is 0 Å². The molecule has 4 nitrogen and oxygen atoms in total. The fourth-order valence-corrected chi connectivity index (χ4v) is 2.10. The van der Waals surface area contributed by atoms with Crippen molar-refractivity contribution >= 4 is 35.2 Å². The van der Waals surface area contributed by atoms with Gasteiger partial charge in [0, 0.05) is 18.1 Å². The number of esters is 1. The van der Waals surface area contributed by atoms with Crippen LogP contribution >= 0.6 is 11.6 Å². The first-order chi connectivity index (χ1) is 14.3. The van der Waals surface area contributed by atoms with Gasteiger partial charge >= 0.3 is 5.97 Å². The number of ether oxygens (including phenoxy) is 1. The summed E-state index contributed by atoms with van der Waals surface area (Å²) in [4.78, 5) is 33.8. The molecule has 1 aromatic rings. The number of hydrogen-bond donors (Lipinski definition) is 0. The Morgan fingerprint density at radius 3 is 2.00 bits per heavy atom. The number of benzene rings is 1. The van der Waals surface area contributed by atoms with Crippen LogP contribution in [0.4, 0.5) is 0 Å². The molecule has 0 fully saturated rings. The van der Waals surface area contributed by atoms with E-state index in [4.69, 9.17) is 11.6 Å². The van der Waals surface area contributed by atoms with E-state index in [0.29, 0.717) is 17.6 Å².